The minimum absolute atomic E-state index is 0.109. The molecule has 2 amide bonds. The van der Waals surface area contributed by atoms with Crippen LogP contribution in [0.1, 0.15) is 29.1 Å². The van der Waals surface area contributed by atoms with Crippen molar-refractivity contribution in [1.29, 1.82) is 0 Å². The molecule has 3 N–H and O–H groups in total. The fourth-order valence-electron chi connectivity index (χ4n) is 1.99. The van der Waals surface area contributed by atoms with E-state index in [9.17, 15) is 19.1 Å². The summed E-state index contributed by atoms with van der Waals surface area (Å²) in [6.45, 7) is 1.36. The quantitative estimate of drug-likeness (QED) is 0.750. The van der Waals surface area contributed by atoms with Crippen molar-refractivity contribution in [1.82, 2.24) is 10.6 Å². The molecular formula is C16H17FN2O4. The molecule has 1 aromatic heterocycles. The van der Waals surface area contributed by atoms with Crippen LogP contribution in [0.3, 0.4) is 0 Å². The molecular weight excluding hydrogens is 303 g/mol. The molecule has 0 radical (unpaired) electrons. The number of furan rings is 1. The Bertz CT molecular complexity index is 655. The van der Waals surface area contributed by atoms with Crippen LogP contribution in [0.5, 0.6) is 0 Å². The van der Waals surface area contributed by atoms with E-state index in [4.69, 9.17) is 4.42 Å². The molecule has 0 aliphatic heterocycles. The monoisotopic (exact) mass is 320 g/mol. The van der Waals surface area contributed by atoms with Crippen molar-refractivity contribution in [2.45, 2.75) is 19.1 Å². The maximum absolute atomic E-state index is 12.9. The van der Waals surface area contributed by atoms with E-state index in [1.165, 1.54) is 36.6 Å². The van der Waals surface area contributed by atoms with Gasteiger partial charge in [0.05, 0.1) is 25.0 Å². The topological polar surface area (TPSA) is 91.6 Å². The van der Waals surface area contributed by atoms with Crippen LogP contribution in [-0.2, 0) is 4.79 Å². The molecule has 122 valence electrons. The lowest BCUT2D eigenvalue weighted by molar-refractivity contribution is -0.121. The zero-order chi connectivity index (χ0) is 16.8. The lowest BCUT2D eigenvalue weighted by Gasteiger charge is -2.20. The molecule has 7 heteroatoms. The highest BCUT2D eigenvalue weighted by Crippen LogP contribution is 2.16. The van der Waals surface area contributed by atoms with E-state index in [-0.39, 0.29) is 12.3 Å². The predicted molar refractivity (Wildman–Crippen MR) is 80.0 cm³/mol. The number of rotatable bonds is 6. The Hall–Kier alpha value is -2.67. The van der Waals surface area contributed by atoms with Gasteiger partial charge in [-0.15, -0.1) is 0 Å². The average Bonchev–Trinajstić information content (AvgIpc) is 3.07. The molecule has 0 spiro atoms. The van der Waals surface area contributed by atoms with E-state index in [1.807, 2.05) is 0 Å². The van der Waals surface area contributed by atoms with Gasteiger partial charge in [0.1, 0.15) is 5.82 Å². The van der Waals surface area contributed by atoms with E-state index in [2.05, 4.69) is 10.6 Å². The Morgan fingerprint density at radius 1 is 1.26 bits per heavy atom. The van der Waals surface area contributed by atoms with Crippen LogP contribution in [0.15, 0.2) is 47.1 Å². The van der Waals surface area contributed by atoms with Crippen LogP contribution in [0.4, 0.5) is 4.39 Å². The maximum atomic E-state index is 12.9. The highest BCUT2D eigenvalue weighted by molar-refractivity contribution is 5.94. The minimum atomic E-state index is -0.986. The number of aliphatic hydroxyl groups excluding tert-OH is 1. The second-order valence-electron chi connectivity index (χ2n) is 5.01. The van der Waals surface area contributed by atoms with Crippen molar-refractivity contribution in [2.75, 3.05) is 6.54 Å². The molecule has 0 bridgehead atoms. The largest absolute Gasteiger partial charge is 0.459 e. The number of carbonyl (C=O) groups is 2. The summed E-state index contributed by atoms with van der Waals surface area (Å²) in [4.78, 5) is 23.4. The normalized spacial score (nSPS) is 13.2. The molecule has 0 unspecified atom stereocenters. The molecule has 2 atom stereocenters. The fraction of sp³-hybridized carbons (Fsp3) is 0.250. The first kappa shape index (κ1) is 16.7. The molecule has 1 heterocycles. The second kappa shape index (κ2) is 7.55. The van der Waals surface area contributed by atoms with Gasteiger partial charge in [-0.3, -0.25) is 9.59 Å². The molecule has 0 aliphatic carbocycles. The Morgan fingerprint density at radius 3 is 2.57 bits per heavy atom. The molecule has 1 aromatic carbocycles. The van der Waals surface area contributed by atoms with Crippen LogP contribution in [-0.4, -0.2) is 29.5 Å². The van der Waals surface area contributed by atoms with Gasteiger partial charge in [-0.2, -0.15) is 0 Å². The molecule has 23 heavy (non-hydrogen) atoms. The SMILES string of the molecule is C[C@H](NC(=O)CNC(=O)c1ccco1)[C@H](O)c1ccc(F)cc1. The van der Waals surface area contributed by atoms with Gasteiger partial charge >= 0.3 is 0 Å². The number of amides is 2. The number of halogens is 1. The zero-order valence-corrected chi connectivity index (χ0v) is 12.5. The van der Waals surface area contributed by atoms with Gasteiger partial charge in [-0.25, -0.2) is 4.39 Å². The van der Waals surface area contributed by atoms with Crippen molar-refractivity contribution in [3.8, 4) is 0 Å². The third-order valence-electron chi connectivity index (χ3n) is 3.23. The van der Waals surface area contributed by atoms with Crippen molar-refractivity contribution < 1.29 is 23.5 Å². The number of benzene rings is 1. The summed E-state index contributed by atoms with van der Waals surface area (Å²) >= 11 is 0. The van der Waals surface area contributed by atoms with Gasteiger partial charge in [0, 0.05) is 0 Å². The van der Waals surface area contributed by atoms with Crippen LogP contribution in [0.2, 0.25) is 0 Å². The summed E-state index contributed by atoms with van der Waals surface area (Å²) in [5.74, 6) is -1.26. The second-order valence-corrected chi connectivity index (χ2v) is 5.01. The highest BCUT2D eigenvalue weighted by atomic mass is 19.1. The third-order valence-corrected chi connectivity index (χ3v) is 3.23. The minimum Gasteiger partial charge on any atom is -0.459 e. The summed E-state index contributed by atoms with van der Waals surface area (Å²) < 4.78 is 17.8. The van der Waals surface area contributed by atoms with Crippen molar-refractivity contribution >= 4 is 11.8 Å². The van der Waals surface area contributed by atoms with E-state index in [1.54, 1.807) is 13.0 Å². The number of hydrogen-bond acceptors (Lipinski definition) is 4. The molecule has 0 saturated heterocycles. The predicted octanol–water partition coefficient (Wildman–Crippen LogP) is 1.39. The fourth-order valence-corrected chi connectivity index (χ4v) is 1.99. The first-order valence-corrected chi connectivity index (χ1v) is 7.02. The smallest absolute Gasteiger partial charge is 0.287 e. The molecule has 0 saturated carbocycles. The van der Waals surface area contributed by atoms with Gasteiger partial charge < -0.3 is 20.2 Å². The van der Waals surface area contributed by atoms with Gasteiger partial charge in [0.25, 0.3) is 5.91 Å². The Labute approximate surface area is 132 Å². The first-order chi connectivity index (χ1) is 11.0. The van der Waals surface area contributed by atoms with Crippen LogP contribution in [0.25, 0.3) is 0 Å². The molecule has 0 aliphatic rings. The Morgan fingerprint density at radius 2 is 1.96 bits per heavy atom. The summed E-state index contributed by atoms with van der Waals surface area (Å²) in [7, 11) is 0. The van der Waals surface area contributed by atoms with Gasteiger partial charge in [-0.1, -0.05) is 12.1 Å². The van der Waals surface area contributed by atoms with E-state index < -0.39 is 29.8 Å². The summed E-state index contributed by atoms with van der Waals surface area (Å²) in [6.07, 6.45) is 0.371. The van der Waals surface area contributed by atoms with Crippen LogP contribution < -0.4 is 10.6 Å². The van der Waals surface area contributed by atoms with E-state index in [0.717, 1.165) is 0 Å². The molecule has 2 rings (SSSR count). The lowest BCUT2D eigenvalue weighted by Crippen LogP contribution is -2.43. The number of carbonyl (C=O) groups excluding carboxylic acids is 2. The molecule has 6 nitrogen and oxygen atoms in total. The van der Waals surface area contributed by atoms with Crippen molar-refractivity contribution in [3.05, 3.63) is 59.8 Å². The third kappa shape index (κ3) is 4.65. The van der Waals surface area contributed by atoms with Gasteiger partial charge in [0.15, 0.2) is 5.76 Å². The van der Waals surface area contributed by atoms with E-state index >= 15 is 0 Å². The van der Waals surface area contributed by atoms with Crippen LogP contribution in [0, 0.1) is 5.82 Å². The molecule has 2 aromatic rings. The summed E-state index contributed by atoms with van der Waals surface area (Å²) in [6, 6.07) is 7.80. The number of nitrogens with one attached hydrogen (secondary N) is 2. The van der Waals surface area contributed by atoms with Crippen molar-refractivity contribution in [3.63, 3.8) is 0 Å². The first-order valence-electron chi connectivity index (χ1n) is 7.02. The van der Waals surface area contributed by atoms with Crippen LogP contribution >= 0.6 is 0 Å². The molecule has 0 fully saturated rings. The highest BCUT2D eigenvalue weighted by Gasteiger charge is 2.19. The standard InChI is InChI=1S/C16H17FN2O4/c1-10(15(21)11-4-6-12(17)7-5-11)19-14(20)9-18-16(22)13-3-2-8-23-13/h2-8,10,15,21H,9H2,1H3,(H,18,22)(H,19,20)/t10-,15-/m0/s1. The summed E-state index contributed by atoms with van der Waals surface area (Å²) in [5, 5.41) is 15.1. The zero-order valence-electron chi connectivity index (χ0n) is 12.5. The summed E-state index contributed by atoms with van der Waals surface area (Å²) in [5.41, 5.74) is 0.485. The van der Waals surface area contributed by atoms with Gasteiger partial charge in [0.2, 0.25) is 5.91 Å². The Balaban J connectivity index is 1.82. The lowest BCUT2D eigenvalue weighted by atomic mass is 10.0. The van der Waals surface area contributed by atoms with E-state index in [0.29, 0.717) is 5.56 Å². The Kier molecular flexibility index (Phi) is 5.48. The van der Waals surface area contributed by atoms with Crippen molar-refractivity contribution in [2.24, 2.45) is 0 Å². The maximum Gasteiger partial charge on any atom is 0.287 e. The number of aliphatic hydroxyl groups is 1. The number of hydrogen-bond donors (Lipinski definition) is 3. The average molecular weight is 320 g/mol. The van der Waals surface area contributed by atoms with Gasteiger partial charge in [-0.05, 0) is 36.8 Å².